The first kappa shape index (κ1) is 22.6. The summed E-state index contributed by atoms with van der Waals surface area (Å²) in [5.74, 6) is -0.661. The summed E-state index contributed by atoms with van der Waals surface area (Å²) >= 11 is 0. The zero-order valence-corrected chi connectivity index (χ0v) is 18.7. The van der Waals surface area contributed by atoms with Crippen LogP contribution in [-0.2, 0) is 0 Å². The second kappa shape index (κ2) is 9.14. The van der Waals surface area contributed by atoms with E-state index in [1.165, 1.54) is 43.8 Å². The molecule has 1 aromatic carbocycles. The van der Waals surface area contributed by atoms with Crippen molar-refractivity contribution in [1.29, 1.82) is 0 Å². The fourth-order valence-corrected chi connectivity index (χ4v) is 3.47. The number of carbonyl (C=O) groups excluding carboxylic acids is 2. The Labute approximate surface area is 194 Å². The van der Waals surface area contributed by atoms with E-state index in [-0.39, 0.29) is 40.6 Å². The van der Waals surface area contributed by atoms with Gasteiger partial charge in [-0.3, -0.25) is 10.1 Å². The lowest BCUT2D eigenvalue weighted by Gasteiger charge is -2.10. The predicted molar refractivity (Wildman–Crippen MR) is 126 cm³/mol. The van der Waals surface area contributed by atoms with Crippen molar-refractivity contribution in [2.75, 3.05) is 23.5 Å². The van der Waals surface area contributed by atoms with E-state index in [2.05, 4.69) is 25.6 Å². The summed E-state index contributed by atoms with van der Waals surface area (Å²) in [6.45, 7) is 3.91. The van der Waals surface area contributed by atoms with Crippen LogP contribution in [0.25, 0.3) is 11.0 Å². The van der Waals surface area contributed by atoms with Gasteiger partial charge in [-0.1, -0.05) is 12.1 Å². The number of hydrogen-bond acceptors (Lipinski definition) is 7. The summed E-state index contributed by atoms with van der Waals surface area (Å²) in [4.78, 5) is 38.4. The van der Waals surface area contributed by atoms with Crippen LogP contribution in [-0.4, -0.2) is 38.4 Å². The molecule has 0 unspecified atom stereocenters. The third-order valence-electron chi connectivity index (χ3n) is 5.08. The number of ether oxygens (including phenoxy) is 1. The molecule has 11 heteroatoms. The molecule has 0 saturated heterocycles. The van der Waals surface area contributed by atoms with Gasteiger partial charge >= 0.3 is 6.03 Å². The molecule has 10 nitrogen and oxygen atoms in total. The van der Waals surface area contributed by atoms with Gasteiger partial charge in [-0.15, -0.1) is 0 Å². The van der Waals surface area contributed by atoms with Gasteiger partial charge < -0.3 is 20.4 Å². The van der Waals surface area contributed by atoms with Gasteiger partial charge in [0.15, 0.2) is 5.78 Å². The molecule has 174 valence electrons. The van der Waals surface area contributed by atoms with Crippen molar-refractivity contribution < 1.29 is 18.7 Å². The molecule has 0 aliphatic carbocycles. The van der Waals surface area contributed by atoms with E-state index < -0.39 is 11.8 Å². The van der Waals surface area contributed by atoms with E-state index in [0.29, 0.717) is 16.6 Å². The molecule has 0 radical (unpaired) electrons. The molecule has 34 heavy (non-hydrogen) atoms. The smallest absolute Gasteiger partial charge is 0.324 e. The summed E-state index contributed by atoms with van der Waals surface area (Å²) in [5, 5.41) is 5.33. The van der Waals surface area contributed by atoms with Crippen molar-refractivity contribution in [3.8, 4) is 5.88 Å². The Bertz CT molecular complexity index is 1400. The number of nitrogens with zero attached hydrogens (tertiary/aromatic N) is 4. The predicted octanol–water partition coefficient (Wildman–Crippen LogP) is 4.01. The molecule has 0 bridgehead atoms. The summed E-state index contributed by atoms with van der Waals surface area (Å²) in [5.41, 5.74) is 7.10. The van der Waals surface area contributed by atoms with Gasteiger partial charge in [-0.2, -0.15) is 4.98 Å². The number of nitrogens with one attached hydrogen (secondary N) is 2. The maximum absolute atomic E-state index is 13.8. The number of amides is 2. The van der Waals surface area contributed by atoms with Crippen molar-refractivity contribution in [3.05, 3.63) is 65.9 Å². The number of nitrogens with two attached hydrogens (primary N) is 1. The number of pyridine rings is 1. The van der Waals surface area contributed by atoms with Crippen molar-refractivity contribution in [2.45, 2.75) is 19.9 Å². The molecule has 0 atom stereocenters. The number of halogens is 1. The molecule has 0 fully saturated rings. The quantitative estimate of drug-likeness (QED) is 0.367. The van der Waals surface area contributed by atoms with Gasteiger partial charge in [-0.05, 0) is 32.0 Å². The standard InChI is InChI=1S/C23H22FN7O3/c1-12(2)31-10-14(19-21(25)26-11-27-22(19)31)20(32)13-8-17(29-18(9-13)34-3)30-23(33)28-16-7-5-4-6-15(16)24/h4-12H,1-3H3,(H2,25,26,27)(H2,28,29,30,33). The Morgan fingerprint density at radius 1 is 1.15 bits per heavy atom. The first-order valence-electron chi connectivity index (χ1n) is 10.3. The third kappa shape index (κ3) is 4.35. The fraction of sp³-hybridized carbons (Fsp3) is 0.174. The largest absolute Gasteiger partial charge is 0.481 e. The van der Waals surface area contributed by atoms with E-state index in [0.717, 1.165) is 0 Å². The van der Waals surface area contributed by atoms with Crippen LogP contribution in [0.5, 0.6) is 5.88 Å². The van der Waals surface area contributed by atoms with Gasteiger partial charge in [0.25, 0.3) is 0 Å². The van der Waals surface area contributed by atoms with Gasteiger partial charge in [0.2, 0.25) is 5.88 Å². The van der Waals surface area contributed by atoms with Crippen LogP contribution in [0.15, 0.2) is 48.9 Å². The Morgan fingerprint density at radius 3 is 2.62 bits per heavy atom. The molecular weight excluding hydrogens is 441 g/mol. The number of hydrogen-bond donors (Lipinski definition) is 3. The van der Waals surface area contributed by atoms with Gasteiger partial charge in [0.1, 0.15) is 29.4 Å². The molecule has 0 aliphatic rings. The van der Waals surface area contributed by atoms with E-state index in [1.807, 2.05) is 18.4 Å². The van der Waals surface area contributed by atoms with Crippen molar-refractivity contribution in [2.24, 2.45) is 0 Å². The number of ketones is 1. The molecule has 4 aromatic rings. The topological polar surface area (TPSA) is 137 Å². The van der Waals surface area contributed by atoms with Crippen LogP contribution in [0.1, 0.15) is 35.8 Å². The molecule has 3 aromatic heterocycles. The van der Waals surface area contributed by atoms with Crippen LogP contribution in [0.2, 0.25) is 0 Å². The average molecular weight is 463 g/mol. The zero-order valence-electron chi connectivity index (χ0n) is 18.7. The molecule has 4 rings (SSSR count). The highest BCUT2D eigenvalue weighted by Crippen LogP contribution is 2.29. The molecule has 0 spiro atoms. The van der Waals surface area contributed by atoms with Crippen LogP contribution in [0.4, 0.5) is 26.5 Å². The molecule has 4 N–H and O–H groups in total. The number of fused-ring (bicyclic) bond motifs is 1. The second-order valence-electron chi connectivity index (χ2n) is 7.67. The highest BCUT2D eigenvalue weighted by atomic mass is 19.1. The Morgan fingerprint density at radius 2 is 1.91 bits per heavy atom. The van der Waals surface area contributed by atoms with Gasteiger partial charge in [0.05, 0.1) is 23.7 Å². The third-order valence-corrected chi connectivity index (χ3v) is 5.08. The Balaban J connectivity index is 1.69. The summed E-state index contributed by atoms with van der Waals surface area (Å²) < 4.78 is 20.9. The van der Waals surface area contributed by atoms with Crippen LogP contribution in [0.3, 0.4) is 0 Å². The van der Waals surface area contributed by atoms with Crippen LogP contribution in [0, 0.1) is 5.82 Å². The molecular formula is C23H22FN7O3. The Hall–Kier alpha value is -4.54. The lowest BCUT2D eigenvalue weighted by atomic mass is 10.0. The van der Waals surface area contributed by atoms with Crippen LogP contribution < -0.4 is 21.1 Å². The number of nitrogen functional groups attached to an aromatic ring is 1. The van der Waals surface area contributed by atoms with Gasteiger partial charge in [0, 0.05) is 23.9 Å². The minimum absolute atomic E-state index is 0.00355. The number of benzene rings is 1. The number of aromatic nitrogens is 4. The van der Waals surface area contributed by atoms with Crippen LogP contribution >= 0.6 is 0 Å². The number of urea groups is 1. The maximum Gasteiger partial charge on any atom is 0.324 e. The maximum atomic E-state index is 13.8. The number of anilines is 3. The van der Waals surface area contributed by atoms with Crippen molar-refractivity contribution >= 4 is 40.2 Å². The summed E-state index contributed by atoms with van der Waals surface area (Å²) in [6, 6.07) is 7.85. The zero-order chi connectivity index (χ0) is 24.4. The monoisotopic (exact) mass is 463 g/mol. The number of para-hydroxylation sites is 1. The van der Waals surface area contributed by atoms with Crippen molar-refractivity contribution in [1.82, 2.24) is 19.5 Å². The highest BCUT2D eigenvalue weighted by Gasteiger charge is 2.23. The van der Waals surface area contributed by atoms with E-state index in [9.17, 15) is 14.0 Å². The number of methoxy groups -OCH3 is 1. The number of rotatable bonds is 6. The first-order chi connectivity index (χ1) is 16.3. The lowest BCUT2D eigenvalue weighted by Crippen LogP contribution is -2.21. The highest BCUT2D eigenvalue weighted by molar-refractivity contribution is 6.18. The average Bonchev–Trinajstić information content (AvgIpc) is 3.21. The SMILES string of the molecule is COc1cc(C(=O)c2cn(C(C)C)c3ncnc(N)c23)cc(NC(=O)Nc2ccccc2F)n1. The fourth-order valence-electron chi connectivity index (χ4n) is 3.47. The van der Waals surface area contributed by atoms with Crippen molar-refractivity contribution in [3.63, 3.8) is 0 Å². The second-order valence-corrected chi connectivity index (χ2v) is 7.67. The van der Waals surface area contributed by atoms with E-state index in [4.69, 9.17) is 10.5 Å². The molecule has 3 heterocycles. The summed E-state index contributed by atoms with van der Waals surface area (Å²) in [7, 11) is 1.39. The summed E-state index contributed by atoms with van der Waals surface area (Å²) in [6.07, 6.45) is 3.02. The molecule has 0 saturated carbocycles. The number of carbonyl (C=O) groups is 2. The molecule has 0 aliphatic heterocycles. The molecule has 2 amide bonds. The van der Waals surface area contributed by atoms with E-state index >= 15 is 0 Å². The minimum Gasteiger partial charge on any atom is -0.481 e. The minimum atomic E-state index is -0.738. The first-order valence-corrected chi connectivity index (χ1v) is 10.3. The normalized spacial score (nSPS) is 11.0. The lowest BCUT2D eigenvalue weighted by molar-refractivity contribution is 0.103. The van der Waals surface area contributed by atoms with Gasteiger partial charge in [-0.25, -0.2) is 19.2 Å². The van der Waals surface area contributed by atoms with E-state index in [1.54, 1.807) is 12.3 Å². The Kier molecular flexibility index (Phi) is 6.09.